The number of nitrogens with zero attached hydrogens (tertiary/aromatic N) is 2. The van der Waals surface area contributed by atoms with Crippen LogP contribution >= 0.6 is 0 Å². The Morgan fingerprint density at radius 2 is 1.93 bits per heavy atom. The molecule has 0 aliphatic heterocycles. The summed E-state index contributed by atoms with van der Waals surface area (Å²) in [5, 5.41) is 16.0. The van der Waals surface area contributed by atoms with Gasteiger partial charge in [0.2, 0.25) is 0 Å². The highest BCUT2D eigenvalue weighted by atomic mass is 16.5. The van der Waals surface area contributed by atoms with Gasteiger partial charge in [-0.3, -0.25) is 4.79 Å². The minimum absolute atomic E-state index is 0.122. The highest BCUT2D eigenvalue weighted by Crippen LogP contribution is 2.25. The summed E-state index contributed by atoms with van der Waals surface area (Å²) in [4.78, 5) is 14.9. The van der Waals surface area contributed by atoms with Crippen molar-refractivity contribution in [2.45, 2.75) is 13.8 Å². The van der Waals surface area contributed by atoms with Crippen molar-refractivity contribution in [1.29, 1.82) is 0 Å². The highest BCUT2D eigenvalue weighted by molar-refractivity contribution is 6.06. The van der Waals surface area contributed by atoms with Crippen molar-refractivity contribution < 1.29 is 19.2 Å². The standard InChI is InChI=1S/C21H23N3O4/c1-4-24(5-2)15-11-10-14-12-16(21(23-26)28-19(14)13-15)20(25)22-17-8-6-7-9-18(17)27-3/h6-13,26H,4-5H2,1-3H3,(H,22,25)/b23-21+. The number of carbonyl (C=O) groups excluding carboxylic acids is 1. The Balaban J connectivity index is 2.01. The fraction of sp³-hybridized carbons (Fsp3) is 0.238. The van der Waals surface area contributed by atoms with Crippen LogP contribution in [-0.2, 0) is 0 Å². The molecule has 7 nitrogen and oxygen atoms in total. The third-order valence-corrected chi connectivity index (χ3v) is 4.55. The Hall–Kier alpha value is -3.48. The first-order valence-corrected chi connectivity index (χ1v) is 9.06. The molecule has 2 N–H and O–H groups in total. The lowest BCUT2D eigenvalue weighted by Gasteiger charge is -2.21. The summed E-state index contributed by atoms with van der Waals surface area (Å²) in [6.07, 6.45) is 0. The first-order chi connectivity index (χ1) is 13.6. The van der Waals surface area contributed by atoms with Crippen LogP contribution < -0.4 is 20.5 Å². The summed E-state index contributed by atoms with van der Waals surface area (Å²) in [6, 6.07) is 14.4. The van der Waals surface area contributed by atoms with Crippen LogP contribution in [0.3, 0.4) is 0 Å². The minimum atomic E-state index is -0.462. The molecule has 146 valence electrons. The molecule has 0 radical (unpaired) electrons. The monoisotopic (exact) mass is 381 g/mol. The number of fused-ring (bicyclic) bond motifs is 1. The molecule has 1 amide bonds. The molecule has 1 heterocycles. The summed E-state index contributed by atoms with van der Waals surface area (Å²) < 4.78 is 11.0. The maximum Gasteiger partial charge on any atom is 0.268 e. The zero-order valence-electron chi connectivity index (χ0n) is 16.1. The van der Waals surface area contributed by atoms with E-state index in [4.69, 9.17) is 9.15 Å². The summed E-state index contributed by atoms with van der Waals surface area (Å²) in [5.74, 6) is 0.0655. The van der Waals surface area contributed by atoms with E-state index >= 15 is 0 Å². The first-order valence-electron chi connectivity index (χ1n) is 9.06. The Bertz CT molecular complexity index is 1050. The van der Waals surface area contributed by atoms with Gasteiger partial charge in [-0.2, -0.15) is 0 Å². The molecule has 0 atom stereocenters. The molecule has 0 saturated carbocycles. The van der Waals surface area contributed by atoms with Crippen molar-refractivity contribution in [3.63, 3.8) is 0 Å². The Kier molecular flexibility index (Phi) is 5.84. The number of amides is 1. The number of nitrogens with one attached hydrogen (secondary N) is 1. The number of carbonyl (C=O) groups is 1. The van der Waals surface area contributed by atoms with Crippen LogP contribution in [0.25, 0.3) is 11.0 Å². The lowest BCUT2D eigenvalue weighted by atomic mass is 10.1. The van der Waals surface area contributed by atoms with E-state index in [2.05, 4.69) is 29.2 Å². The fourth-order valence-electron chi connectivity index (χ4n) is 3.07. The van der Waals surface area contributed by atoms with E-state index in [1.165, 1.54) is 7.11 Å². The molecular weight excluding hydrogens is 358 g/mol. The number of ether oxygens (including phenoxy) is 1. The van der Waals surface area contributed by atoms with Gasteiger partial charge in [-0.15, -0.1) is 0 Å². The van der Waals surface area contributed by atoms with Crippen LogP contribution in [0.2, 0.25) is 0 Å². The predicted octanol–water partition coefficient (Wildman–Crippen LogP) is 3.83. The van der Waals surface area contributed by atoms with Gasteiger partial charge < -0.3 is 24.6 Å². The van der Waals surface area contributed by atoms with Crippen molar-refractivity contribution in [1.82, 2.24) is 0 Å². The third kappa shape index (κ3) is 3.78. The molecule has 3 rings (SSSR count). The number of para-hydroxylation sites is 2. The molecule has 0 spiro atoms. The largest absolute Gasteiger partial charge is 0.495 e. The van der Waals surface area contributed by atoms with Gasteiger partial charge >= 0.3 is 0 Å². The minimum Gasteiger partial charge on any atom is -0.495 e. The van der Waals surface area contributed by atoms with Gasteiger partial charge in [0, 0.05) is 30.2 Å². The van der Waals surface area contributed by atoms with Crippen LogP contribution in [0.1, 0.15) is 24.2 Å². The first kappa shape index (κ1) is 19.3. The van der Waals surface area contributed by atoms with Crippen molar-refractivity contribution in [3.05, 3.63) is 59.6 Å². The molecular formula is C21H23N3O4. The topological polar surface area (TPSA) is 87.3 Å². The second kappa shape index (κ2) is 8.47. The van der Waals surface area contributed by atoms with Gasteiger partial charge in [0.15, 0.2) is 0 Å². The van der Waals surface area contributed by atoms with Crippen LogP contribution in [-0.4, -0.2) is 31.3 Å². The summed E-state index contributed by atoms with van der Waals surface area (Å²) >= 11 is 0. The predicted molar refractivity (Wildman–Crippen MR) is 108 cm³/mol. The van der Waals surface area contributed by atoms with E-state index in [0.29, 0.717) is 17.0 Å². The number of methoxy groups -OCH3 is 1. The number of rotatable bonds is 6. The van der Waals surface area contributed by atoms with Crippen LogP contribution in [0.15, 0.2) is 58.1 Å². The van der Waals surface area contributed by atoms with Crippen molar-refractivity contribution in [3.8, 4) is 5.75 Å². The van der Waals surface area contributed by atoms with Gasteiger partial charge in [0.1, 0.15) is 16.9 Å². The van der Waals surface area contributed by atoms with E-state index < -0.39 is 5.91 Å². The van der Waals surface area contributed by atoms with Crippen molar-refractivity contribution in [2.75, 3.05) is 30.4 Å². The second-order valence-electron chi connectivity index (χ2n) is 6.11. The van der Waals surface area contributed by atoms with E-state index in [1.54, 1.807) is 24.3 Å². The third-order valence-electron chi connectivity index (χ3n) is 4.55. The Morgan fingerprint density at radius 1 is 1.18 bits per heavy atom. The van der Waals surface area contributed by atoms with Gasteiger partial charge in [0.25, 0.3) is 11.5 Å². The SMILES string of the molecule is CCN(CC)c1ccc2cc(C(=O)Nc3ccccc3OC)/c(=N\O)oc2c1. The quantitative estimate of drug-likeness (QED) is 0.500. The molecule has 1 aromatic heterocycles. The number of hydrogen-bond donors (Lipinski definition) is 2. The van der Waals surface area contributed by atoms with E-state index in [0.717, 1.165) is 24.2 Å². The number of anilines is 2. The fourth-order valence-corrected chi connectivity index (χ4v) is 3.07. The number of hydrogen-bond acceptors (Lipinski definition) is 6. The van der Waals surface area contributed by atoms with Crippen LogP contribution in [0.4, 0.5) is 11.4 Å². The van der Waals surface area contributed by atoms with Gasteiger partial charge in [-0.05, 0) is 49.3 Å². The van der Waals surface area contributed by atoms with Gasteiger partial charge in [0.05, 0.1) is 12.8 Å². The molecule has 2 aromatic carbocycles. The summed E-state index contributed by atoms with van der Waals surface area (Å²) in [6.45, 7) is 5.87. The normalized spacial score (nSPS) is 11.5. The molecule has 0 bridgehead atoms. The van der Waals surface area contributed by atoms with Gasteiger partial charge in [-0.25, -0.2) is 0 Å². The molecule has 0 unspecified atom stereocenters. The lowest BCUT2D eigenvalue weighted by molar-refractivity contribution is 0.102. The zero-order chi connectivity index (χ0) is 20.1. The molecule has 3 aromatic rings. The van der Waals surface area contributed by atoms with E-state index in [9.17, 15) is 10.0 Å². The van der Waals surface area contributed by atoms with Crippen molar-refractivity contribution >= 4 is 28.3 Å². The average Bonchev–Trinajstić information content (AvgIpc) is 2.73. The zero-order valence-corrected chi connectivity index (χ0v) is 16.1. The van der Waals surface area contributed by atoms with Crippen LogP contribution in [0, 0.1) is 0 Å². The van der Waals surface area contributed by atoms with E-state index in [-0.39, 0.29) is 11.1 Å². The summed E-state index contributed by atoms with van der Waals surface area (Å²) in [5.41, 5.74) is 2.01. The molecule has 0 aliphatic carbocycles. The highest BCUT2D eigenvalue weighted by Gasteiger charge is 2.15. The molecule has 28 heavy (non-hydrogen) atoms. The Morgan fingerprint density at radius 3 is 2.61 bits per heavy atom. The molecule has 0 aliphatic rings. The van der Waals surface area contributed by atoms with E-state index in [1.807, 2.05) is 24.3 Å². The average molecular weight is 381 g/mol. The van der Waals surface area contributed by atoms with Gasteiger partial charge in [-0.1, -0.05) is 12.1 Å². The maximum absolute atomic E-state index is 12.8. The summed E-state index contributed by atoms with van der Waals surface area (Å²) in [7, 11) is 1.53. The van der Waals surface area contributed by atoms with Crippen molar-refractivity contribution in [2.24, 2.45) is 5.16 Å². The van der Waals surface area contributed by atoms with Crippen LogP contribution in [0.5, 0.6) is 5.75 Å². The molecule has 7 heteroatoms. The second-order valence-corrected chi connectivity index (χ2v) is 6.11. The Labute approximate surface area is 162 Å². The lowest BCUT2D eigenvalue weighted by Crippen LogP contribution is -2.23. The maximum atomic E-state index is 12.8. The molecule has 0 saturated heterocycles. The number of benzene rings is 2. The molecule has 0 fully saturated rings. The smallest absolute Gasteiger partial charge is 0.268 e.